The molecule has 4 rings (SSSR count). The van der Waals surface area contributed by atoms with Gasteiger partial charge in [0.1, 0.15) is 23.6 Å². The minimum Gasteiger partial charge on any atom is -0.485 e. The third kappa shape index (κ3) is 4.92. The van der Waals surface area contributed by atoms with Gasteiger partial charge < -0.3 is 9.47 Å². The van der Waals surface area contributed by atoms with E-state index in [9.17, 15) is 19.6 Å². The summed E-state index contributed by atoms with van der Waals surface area (Å²) in [6.07, 6.45) is -0.416. The fourth-order valence-corrected chi connectivity index (χ4v) is 3.33. The van der Waals surface area contributed by atoms with Gasteiger partial charge in [0.2, 0.25) is 0 Å². The first-order valence-corrected chi connectivity index (χ1v) is 10.4. The Kier molecular flexibility index (Phi) is 6.48. The highest BCUT2D eigenvalue weighted by Gasteiger charge is 2.55. The predicted molar refractivity (Wildman–Crippen MR) is 115 cm³/mol. The van der Waals surface area contributed by atoms with E-state index in [2.05, 4.69) is 0 Å². The number of imide groups is 1. The third-order valence-corrected chi connectivity index (χ3v) is 5.11. The van der Waals surface area contributed by atoms with E-state index in [0.29, 0.717) is 0 Å². The van der Waals surface area contributed by atoms with Gasteiger partial charge in [-0.25, -0.2) is 19.2 Å². The fraction of sp³-hybridized carbons (Fsp3) is 0.160. The van der Waals surface area contributed by atoms with Crippen LogP contribution in [-0.2, 0) is 27.6 Å². The Morgan fingerprint density at radius 2 is 1.30 bits per heavy atom. The van der Waals surface area contributed by atoms with E-state index in [0.717, 1.165) is 11.1 Å². The average molecular weight is 448 g/mol. The summed E-state index contributed by atoms with van der Waals surface area (Å²) < 4.78 is 11.8. The van der Waals surface area contributed by atoms with Crippen LogP contribution >= 0.6 is 0 Å². The second-order valence-electron chi connectivity index (χ2n) is 7.42. The highest BCUT2D eigenvalue weighted by Crippen LogP contribution is 2.34. The first kappa shape index (κ1) is 22.2. The van der Waals surface area contributed by atoms with Crippen LogP contribution in [0.1, 0.15) is 34.3 Å². The molecule has 8 heteroatoms. The van der Waals surface area contributed by atoms with E-state index in [4.69, 9.17) is 14.3 Å². The van der Waals surface area contributed by atoms with Crippen LogP contribution in [-0.4, -0.2) is 27.8 Å². The maximum absolute atomic E-state index is 12.9. The van der Waals surface area contributed by atoms with Gasteiger partial charge in [-0.15, -0.1) is 0 Å². The molecule has 0 bridgehead atoms. The molecular formula is C25H22NO7+. The maximum Gasteiger partial charge on any atom is 0.407 e. The topological polar surface area (TPSA) is 99.1 Å². The molecule has 0 aromatic heterocycles. The molecule has 8 nitrogen and oxygen atoms in total. The van der Waals surface area contributed by atoms with Gasteiger partial charge in [0.15, 0.2) is 11.5 Å². The summed E-state index contributed by atoms with van der Waals surface area (Å²) in [5, 5.41) is 10.3. The van der Waals surface area contributed by atoms with E-state index >= 15 is 0 Å². The lowest BCUT2D eigenvalue weighted by atomic mass is 10.1. The van der Waals surface area contributed by atoms with Gasteiger partial charge in [-0.3, -0.25) is 0 Å². The zero-order valence-electron chi connectivity index (χ0n) is 17.7. The monoisotopic (exact) mass is 448 g/mol. The van der Waals surface area contributed by atoms with Crippen LogP contribution in [0.2, 0.25) is 0 Å². The van der Waals surface area contributed by atoms with Crippen molar-refractivity contribution in [1.29, 1.82) is 0 Å². The van der Waals surface area contributed by atoms with Gasteiger partial charge in [0.05, 0.1) is 12.8 Å². The lowest BCUT2D eigenvalue weighted by Crippen LogP contribution is -2.50. The zero-order chi connectivity index (χ0) is 23.3. The van der Waals surface area contributed by atoms with E-state index in [1.807, 2.05) is 60.7 Å². The molecule has 0 aliphatic carbocycles. The highest BCUT2D eigenvalue weighted by atomic mass is 17.0. The lowest BCUT2D eigenvalue weighted by molar-refractivity contribution is -1.12. The number of hydrogen-bond acceptors (Lipinski definition) is 7. The minimum absolute atomic E-state index is 0.0768. The number of quaternary nitrogens is 1. The van der Waals surface area contributed by atoms with Crippen LogP contribution in [0.25, 0.3) is 0 Å². The number of para-hydroxylation sites is 1. The van der Waals surface area contributed by atoms with E-state index in [1.165, 1.54) is 6.07 Å². The second kappa shape index (κ2) is 9.64. The number of nitrogens with zero attached hydrogens (tertiary/aromatic N) is 1. The van der Waals surface area contributed by atoms with Crippen molar-refractivity contribution in [2.45, 2.75) is 26.1 Å². The highest BCUT2D eigenvalue weighted by molar-refractivity contribution is 5.96. The molecule has 1 heterocycles. The van der Waals surface area contributed by atoms with Crippen molar-refractivity contribution in [3.05, 3.63) is 95.6 Å². The maximum atomic E-state index is 12.9. The van der Waals surface area contributed by atoms with Crippen molar-refractivity contribution in [3.63, 3.8) is 0 Å². The Hall–Kier alpha value is -4.01. The molecule has 33 heavy (non-hydrogen) atoms. The first-order valence-electron chi connectivity index (χ1n) is 10.4. The first-order chi connectivity index (χ1) is 16.0. The molecule has 0 spiro atoms. The van der Waals surface area contributed by atoms with E-state index in [1.54, 1.807) is 12.1 Å². The van der Waals surface area contributed by atoms with Crippen molar-refractivity contribution in [2.24, 2.45) is 0 Å². The Bertz CT molecular complexity index is 1150. The third-order valence-electron chi connectivity index (χ3n) is 5.11. The Morgan fingerprint density at radius 3 is 1.88 bits per heavy atom. The number of hydrogen-bond donors (Lipinski definition) is 1. The summed E-state index contributed by atoms with van der Waals surface area (Å²) >= 11 is 0. The molecule has 0 atom stereocenters. The summed E-state index contributed by atoms with van der Waals surface area (Å²) in [6, 6.07) is 23.4. The van der Waals surface area contributed by atoms with Crippen molar-refractivity contribution in [1.82, 2.24) is 0 Å². The summed E-state index contributed by atoms with van der Waals surface area (Å²) in [4.78, 5) is 39.8. The molecule has 1 saturated heterocycles. The normalized spacial score (nSPS) is 14.7. The molecule has 0 saturated carbocycles. The lowest BCUT2D eigenvalue weighted by Gasteiger charge is -2.18. The van der Waals surface area contributed by atoms with Crippen LogP contribution in [0.15, 0.2) is 78.9 Å². The smallest absolute Gasteiger partial charge is 0.407 e. The number of amides is 2. The Morgan fingerprint density at radius 1 is 0.758 bits per heavy atom. The van der Waals surface area contributed by atoms with Gasteiger partial charge >= 0.3 is 17.8 Å². The molecule has 0 radical (unpaired) electrons. The number of carbonyl (C=O) groups excluding carboxylic acids is 3. The molecule has 3 aromatic carbocycles. The van der Waals surface area contributed by atoms with E-state index in [-0.39, 0.29) is 43.1 Å². The SMILES string of the molecule is O=C(O[N+]1(O)C(=O)CCC1=O)c1cccc(OCc2ccccc2)c1OCc1ccccc1. The summed E-state index contributed by atoms with van der Waals surface area (Å²) in [5.41, 5.74) is 1.67. The predicted octanol–water partition coefficient (Wildman–Crippen LogP) is 3.97. The molecule has 2 amide bonds. The van der Waals surface area contributed by atoms with Gasteiger partial charge in [-0.05, 0) is 23.3 Å². The minimum atomic E-state index is -2.01. The van der Waals surface area contributed by atoms with Crippen molar-refractivity contribution >= 4 is 17.8 Å². The average Bonchev–Trinajstić information content (AvgIpc) is 3.09. The molecule has 1 aliphatic rings. The number of benzene rings is 3. The standard InChI is InChI=1S/C25H22NO7/c27-22-14-15-23(28)26(22,30)33-25(29)20-12-7-13-21(31-16-18-8-3-1-4-9-18)24(20)32-17-19-10-5-2-6-11-19/h1-13,30H,14-17H2/q+1. The molecule has 1 N–H and O–H groups in total. The summed E-state index contributed by atoms with van der Waals surface area (Å²) in [5.74, 6) is -2.55. The van der Waals surface area contributed by atoms with Crippen LogP contribution in [0.5, 0.6) is 11.5 Å². The number of rotatable bonds is 8. The van der Waals surface area contributed by atoms with Crippen molar-refractivity contribution in [2.75, 3.05) is 0 Å². The van der Waals surface area contributed by atoms with Gasteiger partial charge in [0.25, 0.3) is 0 Å². The Balaban J connectivity index is 1.62. The Labute approximate surface area is 190 Å². The zero-order valence-corrected chi connectivity index (χ0v) is 17.7. The van der Waals surface area contributed by atoms with Gasteiger partial charge in [0, 0.05) is 0 Å². The summed E-state index contributed by atoms with van der Waals surface area (Å²) in [6.45, 7) is 0.349. The largest absolute Gasteiger partial charge is 0.485 e. The number of ether oxygens (including phenoxy) is 2. The van der Waals surface area contributed by atoms with Crippen LogP contribution in [0.4, 0.5) is 0 Å². The van der Waals surface area contributed by atoms with E-state index < -0.39 is 22.6 Å². The van der Waals surface area contributed by atoms with Crippen LogP contribution < -0.4 is 9.47 Å². The molecule has 0 unspecified atom stereocenters. The fourth-order valence-electron chi connectivity index (χ4n) is 3.33. The van der Waals surface area contributed by atoms with Crippen LogP contribution in [0, 0.1) is 0 Å². The quantitative estimate of drug-likeness (QED) is 0.316. The number of carbonyl (C=O) groups is 3. The molecular weight excluding hydrogens is 426 g/mol. The van der Waals surface area contributed by atoms with Gasteiger partial charge in [-0.2, -0.15) is 5.21 Å². The summed E-state index contributed by atoms with van der Waals surface area (Å²) in [7, 11) is 0. The molecule has 1 aliphatic heterocycles. The van der Waals surface area contributed by atoms with Crippen molar-refractivity contribution < 1.29 is 38.7 Å². The second-order valence-corrected chi connectivity index (χ2v) is 7.42. The van der Waals surface area contributed by atoms with Crippen molar-refractivity contribution in [3.8, 4) is 11.5 Å². The molecule has 168 valence electrons. The molecule has 1 fully saturated rings. The molecule has 3 aromatic rings. The van der Waals surface area contributed by atoms with Gasteiger partial charge in [-0.1, -0.05) is 66.7 Å². The number of hydroxylamine groups is 4. The van der Waals surface area contributed by atoms with Crippen LogP contribution in [0.3, 0.4) is 0 Å².